The Kier molecular flexibility index (Phi) is 5.26. The molecule has 0 unspecified atom stereocenters. The van der Waals surface area contributed by atoms with Crippen LogP contribution in [0, 0.1) is 24.0 Å². The highest BCUT2D eigenvalue weighted by atomic mass is 16.6. The maximum atomic E-state index is 12.0. The average molecular weight is 328 g/mol. The van der Waals surface area contributed by atoms with Crippen LogP contribution in [0.2, 0.25) is 0 Å². The number of aryl methyl sites for hydroxylation is 2. The molecule has 0 bridgehead atoms. The van der Waals surface area contributed by atoms with Crippen LogP contribution in [0.3, 0.4) is 0 Å². The molecule has 24 heavy (non-hydrogen) atoms. The van der Waals surface area contributed by atoms with Gasteiger partial charge in [0.05, 0.1) is 10.5 Å². The summed E-state index contributed by atoms with van der Waals surface area (Å²) in [6.07, 6.45) is 0. The number of ether oxygens (including phenoxy) is 1. The smallest absolute Gasteiger partial charge is 0.338 e. The minimum atomic E-state index is -0.601. The predicted molar refractivity (Wildman–Crippen MR) is 87.9 cm³/mol. The SMILES string of the molecule is Cc1cc(C)cc(C(=O)OCC(=O)Nc2cccc([N+](=O)[O-])c2)c1. The standard InChI is InChI=1S/C17H16N2O5/c1-11-6-12(2)8-13(7-11)17(21)24-10-16(20)18-14-4-3-5-15(9-14)19(22)23/h3-9H,10H2,1-2H3,(H,18,20). The van der Waals surface area contributed by atoms with Gasteiger partial charge in [-0.05, 0) is 32.0 Å². The first kappa shape index (κ1) is 17.1. The summed E-state index contributed by atoms with van der Waals surface area (Å²) in [4.78, 5) is 33.9. The van der Waals surface area contributed by atoms with Crippen molar-refractivity contribution in [2.45, 2.75) is 13.8 Å². The number of nitro benzene ring substituents is 1. The van der Waals surface area contributed by atoms with Gasteiger partial charge in [0.15, 0.2) is 6.61 Å². The number of amides is 1. The first-order chi connectivity index (χ1) is 11.3. The molecule has 0 saturated heterocycles. The molecule has 7 heteroatoms. The lowest BCUT2D eigenvalue weighted by Gasteiger charge is -2.07. The van der Waals surface area contributed by atoms with E-state index < -0.39 is 23.4 Å². The van der Waals surface area contributed by atoms with Crippen LogP contribution in [0.15, 0.2) is 42.5 Å². The largest absolute Gasteiger partial charge is 0.452 e. The van der Waals surface area contributed by atoms with Gasteiger partial charge in [-0.2, -0.15) is 0 Å². The Hall–Kier alpha value is -3.22. The fraction of sp³-hybridized carbons (Fsp3) is 0.176. The van der Waals surface area contributed by atoms with E-state index in [1.807, 2.05) is 19.9 Å². The van der Waals surface area contributed by atoms with Gasteiger partial charge in [-0.1, -0.05) is 23.3 Å². The maximum absolute atomic E-state index is 12.0. The number of hydrogen-bond acceptors (Lipinski definition) is 5. The highest BCUT2D eigenvalue weighted by molar-refractivity contribution is 5.95. The second kappa shape index (κ2) is 7.36. The van der Waals surface area contributed by atoms with Crippen LogP contribution in [-0.2, 0) is 9.53 Å². The Balaban J connectivity index is 1.94. The van der Waals surface area contributed by atoms with Gasteiger partial charge in [0.1, 0.15) is 0 Å². The molecule has 0 aliphatic heterocycles. The molecule has 0 saturated carbocycles. The molecule has 7 nitrogen and oxygen atoms in total. The summed E-state index contributed by atoms with van der Waals surface area (Å²) in [5, 5.41) is 13.1. The number of nitrogens with zero attached hydrogens (tertiary/aromatic N) is 1. The van der Waals surface area contributed by atoms with Crippen molar-refractivity contribution < 1.29 is 19.2 Å². The number of non-ortho nitro benzene ring substituents is 1. The Bertz CT molecular complexity index is 781. The second-order valence-corrected chi connectivity index (χ2v) is 5.31. The Labute approximate surface area is 138 Å². The molecule has 0 atom stereocenters. The van der Waals surface area contributed by atoms with E-state index in [-0.39, 0.29) is 11.4 Å². The van der Waals surface area contributed by atoms with Crippen LogP contribution in [0.1, 0.15) is 21.5 Å². The number of nitro groups is 1. The van der Waals surface area contributed by atoms with Crippen molar-refractivity contribution in [2.75, 3.05) is 11.9 Å². The normalized spacial score (nSPS) is 10.1. The van der Waals surface area contributed by atoms with Crippen molar-refractivity contribution in [1.29, 1.82) is 0 Å². The van der Waals surface area contributed by atoms with Crippen LogP contribution in [0.4, 0.5) is 11.4 Å². The summed E-state index contributed by atoms with van der Waals surface area (Å²) in [5.74, 6) is -1.18. The van der Waals surface area contributed by atoms with E-state index in [1.54, 1.807) is 12.1 Å². The number of rotatable bonds is 5. The second-order valence-electron chi connectivity index (χ2n) is 5.31. The first-order valence-electron chi connectivity index (χ1n) is 7.15. The average Bonchev–Trinajstić information content (AvgIpc) is 2.52. The molecule has 0 radical (unpaired) electrons. The van der Waals surface area contributed by atoms with Crippen LogP contribution in [-0.4, -0.2) is 23.4 Å². The molecule has 0 aliphatic carbocycles. The molecule has 1 N–H and O–H groups in total. The van der Waals surface area contributed by atoms with Gasteiger partial charge in [0, 0.05) is 17.8 Å². The lowest BCUT2D eigenvalue weighted by molar-refractivity contribution is -0.384. The third-order valence-electron chi connectivity index (χ3n) is 3.13. The van der Waals surface area contributed by atoms with Gasteiger partial charge in [-0.25, -0.2) is 4.79 Å². The van der Waals surface area contributed by atoms with E-state index in [0.717, 1.165) is 11.1 Å². The van der Waals surface area contributed by atoms with Gasteiger partial charge in [-0.15, -0.1) is 0 Å². The summed E-state index contributed by atoms with van der Waals surface area (Å²) in [6.45, 7) is 3.24. The third kappa shape index (κ3) is 4.64. The van der Waals surface area contributed by atoms with E-state index >= 15 is 0 Å². The van der Waals surface area contributed by atoms with Gasteiger partial charge in [-0.3, -0.25) is 14.9 Å². The molecule has 0 aromatic heterocycles. The molecule has 2 aromatic carbocycles. The van der Waals surface area contributed by atoms with E-state index in [9.17, 15) is 19.7 Å². The summed E-state index contributed by atoms with van der Waals surface area (Å²) >= 11 is 0. The molecule has 0 aliphatic rings. The molecular formula is C17H16N2O5. The molecule has 124 valence electrons. The van der Waals surface area contributed by atoms with Gasteiger partial charge < -0.3 is 10.1 Å². The zero-order valence-corrected chi connectivity index (χ0v) is 13.2. The molecule has 2 aromatic rings. The van der Waals surface area contributed by atoms with Gasteiger partial charge in [0.2, 0.25) is 0 Å². The number of esters is 1. The minimum absolute atomic E-state index is 0.139. The maximum Gasteiger partial charge on any atom is 0.338 e. The lowest BCUT2D eigenvalue weighted by atomic mass is 10.1. The topological polar surface area (TPSA) is 98.5 Å². The first-order valence-corrected chi connectivity index (χ1v) is 7.15. The van der Waals surface area contributed by atoms with Crippen LogP contribution in [0.25, 0.3) is 0 Å². The summed E-state index contributed by atoms with van der Waals surface area (Å²) < 4.78 is 4.96. The Morgan fingerprint density at radius 3 is 2.42 bits per heavy atom. The number of anilines is 1. The highest BCUT2D eigenvalue weighted by Crippen LogP contribution is 2.17. The van der Waals surface area contributed by atoms with Crippen molar-refractivity contribution in [2.24, 2.45) is 0 Å². The fourth-order valence-corrected chi connectivity index (χ4v) is 2.20. The van der Waals surface area contributed by atoms with Crippen LogP contribution < -0.4 is 5.32 Å². The van der Waals surface area contributed by atoms with Crippen LogP contribution in [0.5, 0.6) is 0 Å². The lowest BCUT2D eigenvalue weighted by Crippen LogP contribution is -2.21. The number of benzene rings is 2. The number of nitrogens with one attached hydrogen (secondary N) is 1. The quantitative estimate of drug-likeness (QED) is 0.517. The number of carbonyl (C=O) groups excluding carboxylic acids is 2. The Morgan fingerprint density at radius 2 is 1.79 bits per heavy atom. The van der Waals surface area contributed by atoms with Crippen molar-refractivity contribution in [1.82, 2.24) is 0 Å². The molecule has 1 amide bonds. The van der Waals surface area contributed by atoms with E-state index in [0.29, 0.717) is 5.56 Å². The predicted octanol–water partition coefficient (Wildman–Crippen LogP) is 3.01. The highest BCUT2D eigenvalue weighted by Gasteiger charge is 2.12. The van der Waals surface area contributed by atoms with Gasteiger partial charge >= 0.3 is 5.97 Å². The molecular weight excluding hydrogens is 312 g/mol. The zero-order valence-electron chi connectivity index (χ0n) is 13.2. The van der Waals surface area contributed by atoms with E-state index in [2.05, 4.69) is 5.32 Å². The number of hydrogen-bond donors (Lipinski definition) is 1. The van der Waals surface area contributed by atoms with E-state index in [1.165, 1.54) is 24.3 Å². The summed E-state index contributed by atoms with van der Waals surface area (Å²) in [7, 11) is 0. The summed E-state index contributed by atoms with van der Waals surface area (Å²) in [6, 6.07) is 10.8. The fourth-order valence-electron chi connectivity index (χ4n) is 2.20. The minimum Gasteiger partial charge on any atom is -0.452 e. The monoisotopic (exact) mass is 328 g/mol. The molecule has 2 rings (SSSR count). The van der Waals surface area contributed by atoms with Crippen molar-refractivity contribution in [3.63, 3.8) is 0 Å². The molecule has 0 heterocycles. The van der Waals surface area contributed by atoms with Crippen molar-refractivity contribution in [3.8, 4) is 0 Å². The van der Waals surface area contributed by atoms with Crippen molar-refractivity contribution in [3.05, 3.63) is 69.3 Å². The molecule has 0 fully saturated rings. The number of carbonyl (C=O) groups is 2. The Morgan fingerprint density at radius 1 is 1.12 bits per heavy atom. The zero-order chi connectivity index (χ0) is 17.7. The molecule has 0 spiro atoms. The van der Waals surface area contributed by atoms with Crippen LogP contribution >= 0.6 is 0 Å². The van der Waals surface area contributed by atoms with E-state index in [4.69, 9.17) is 4.74 Å². The third-order valence-corrected chi connectivity index (χ3v) is 3.13. The van der Waals surface area contributed by atoms with Crippen molar-refractivity contribution >= 4 is 23.3 Å². The van der Waals surface area contributed by atoms with Gasteiger partial charge in [0.25, 0.3) is 11.6 Å². The summed E-state index contributed by atoms with van der Waals surface area (Å²) in [5.41, 5.74) is 2.33.